The minimum absolute atomic E-state index is 0.140. The van der Waals surface area contributed by atoms with Gasteiger partial charge in [-0.2, -0.15) is 5.10 Å². The Morgan fingerprint density at radius 2 is 1.79 bits per heavy atom. The molecule has 0 atom stereocenters. The first-order chi connectivity index (χ1) is 11.6. The van der Waals surface area contributed by atoms with Crippen molar-refractivity contribution in [3.8, 4) is 5.75 Å². The number of benzene rings is 2. The minimum atomic E-state index is -0.578. The van der Waals surface area contributed by atoms with Crippen LogP contribution in [-0.2, 0) is 6.54 Å². The standard InChI is InChI=1S/C18H16N2O3S/c1-3-20-17(21)15-7-5-4-6-14(15)16(19-20)18(22)23-12-8-10-13(24-2)11-9-12/h4-11H,3H2,1-2H3. The van der Waals surface area contributed by atoms with Crippen molar-refractivity contribution in [2.24, 2.45) is 0 Å². The molecule has 6 heteroatoms. The maximum atomic E-state index is 12.6. The average Bonchev–Trinajstić information content (AvgIpc) is 2.63. The normalized spacial score (nSPS) is 10.8. The number of esters is 1. The van der Waals surface area contributed by atoms with Crippen molar-refractivity contribution >= 4 is 28.5 Å². The number of ether oxygens (including phenoxy) is 1. The predicted molar refractivity (Wildman–Crippen MR) is 94.9 cm³/mol. The number of hydrogen-bond donors (Lipinski definition) is 0. The van der Waals surface area contributed by atoms with Crippen LogP contribution in [0.4, 0.5) is 0 Å². The molecule has 1 heterocycles. The molecule has 0 aliphatic rings. The van der Waals surface area contributed by atoms with E-state index >= 15 is 0 Å². The van der Waals surface area contributed by atoms with Gasteiger partial charge in [0, 0.05) is 16.8 Å². The Hall–Kier alpha value is -2.60. The fourth-order valence-corrected chi connectivity index (χ4v) is 2.81. The number of hydrogen-bond acceptors (Lipinski definition) is 5. The molecule has 0 bridgehead atoms. The Balaban J connectivity index is 2.02. The summed E-state index contributed by atoms with van der Waals surface area (Å²) in [7, 11) is 0. The SMILES string of the molecule is CCn1nc(C(=O)Oc2ccc(SC)cc2)c2ccccc2c1=O. The van der Waals surface area contributed by atoms with Crippen LogP contribution in [0.3, 0.4) is 0 Å². The van der Waals surface area contributed by atoms with Crippen LogP contribution in [0.5, 0.6) is 5.75 Å². The van der Waals surface area contributed by atoms with Crippen molar-refractivity contribution in [2.45, 2.75) is 18.4 Å². The summed E-state index contributed by atoms with van der Waals surface area (Å²) in [6, 6.07) is 14.2. The molecule has 2 aromatic carbocycles. The molecule has 0 saturated carbocycles. The molecule has 5 nitrogen and oxygen atoms in total. The Bertz CT molecular complexity index is 949. The van der Waals surface area contributed by atoms with Gasteiger partial charge in [-0.3, -0.25) is 4.79 Å². The first kappa shape index (κ1) is 16.3. The molecule has 0 aliphatic heterocycles. The van der Waals surface area contributed by atoms with E-state index in [2.05, 4.69) is 5.10 Å². The van der Waals surface area contributed by atoms with Crippen molar-refractivity contribution in [1.29, 1.82) is 0 Å². The molecule has 0 aliphatic carbocycles. The molecule has 3 rings (SSSR count). The summed E-state index contributed by atoms with van der Waals surface area (Å²) in [5, 5.41) is 5.13. The lowest BCUT2D eigenvalue weighted by molar-refractivity contribution is 0.0728. The van der Waals surface area contributed by atoms with Gasteiger partial charge in [-0.05, 0) is 43.5 Å². The summed E-state index contributed by atoms with van der Waals surface area (Å²) in [5.41, 5.74) is -0.0741. The summed E-state index contributed by atoms with van der Waals surface area (Å²) >= 11 is 1.61. The van der Waals surface area contributed by atoms with Gasteiger partial charge in [-0.15, -0.1) is 11.8 Å². The van der Waals surface area contributed by atoms with Crippen LogP contribution in [0.1, 0.15) is 17.4 Å². The van der Waals surface area contributed by atoms with Gasteiger partial charge in [0.2, 0.25) is 0 Å². The van der Waals surface area contributed by atoms with Gasteiger partial charge in [-0.1, -0.05) is 18.2 Å². The lowest BCUT2D eigenvalue weighted by Crippen LogP contribution is -2.26. The topological polar surface area (TPSA) is 61.2 Å². The van der Waals surface area contributed by atoms with E-state index in [9.17, 15) is 9.59 Å². The summed E-state index contributed by atoms with van der Waals surface area (Å²) < 4.78 is 6.69. The third-order valence-electron chi connectivity index (χ3n) is 3.63. The number of thioether (sulfide) groups is 1. The van der Waals surface area contributed by atoms with Crippen LogP contribution in [0.15, 0.2) is 58.2 Å². The quantitative estimate of drug-likeness (QED) is 0.414. The summed E-state index contributed by atoms with van der Waals surface area (Å²) in [6.07, 6.45) is 1.98. The second-order valence-electron chi connectivity index (χ2n) is 5.08. The van der Waals surface area contributed by atoms with Crippen LogP contribution in [0, 0.1) is 0 Å². The molecular weight excluding hydrogens is 324 g/mol. The average molecular weight is 340 g/mol. The molecule has 0 saturated heterocycles. The summed E-state index contributed by atoms with van der Waals surface area (Å²) in [4.78, 5) is 25.9. The summed E-state index contributed by atoms with van der Waals surface area (Å²) in [5.74, 6) is -0.136. The smallest absolute Gasteiger partial charge is 0.364 e. The zero-order valence-corrected chi connectivity index (χ0v) is 14.2. The Morgan fingerprint density at radius 3 is 2.42 bits per heavy atom. The number of carbonyl (C=O) groups excluding carboxylic acids is 1. The zero-order valence-electron chi connectivity index (χ0n) is 13.4. The predicted octanol–water partition coefficient (Wildman–Crippen LogP) is 3.36. The first-order valence-corrected chi connectivity index (χ1v) is 8.72. The van der Waals surface area contributed by atoms with Gasteiger partial charge in [0.15, 0.2) is 5.69 Å². The molecule has 0 unspecified atom stereocenters. The van der Waals surface area contributed by atoms with Crippen molar-refractivity contribution < 1.29 is 9.53 Å². The molecule has 24 heavy (non-hydrogen) atoms. The molecule has 0 amide bonds. The Morgan fingerprint density at radius 1 is 1.12 bits per heavy atom. The molecule has 0 radical (unpaired) electrons. The van der Waals surface area contributed by atoms with E-state index in [0.29, 0.717) is 23.1 Å². The first-order valence-electron chi connectivity index (χ1n) is 7.50. The highest BCUT2D eigenvalue weighted by Crippen LogP contribution is 2.21. The van der Waals surface area contributed by atoms with E-state index in [-0.39, 0.29) is 11.3 Å². The van der Waals surface area contributed by atoms with Gasteiger partial charge in [-0.25, -0.2) is 9.48 Å². The molecule has 0 N–H and O–H groups in total. The minimum Gasteiger partial charge on any atom is -0.422 e. The van der Waals surface area contributed by atoms with E-state index in [4.69, 9.17) is 4.74 Å². The van der Waals surface area contributed by atoms with Crippen LogP contribution in [0.25, 0.3) is 10.8 Å². The van der Waals surface area contributed by atoms with Crippen LogP contribution >= 0.6 is 11.8 Å². The third kappa shape index (κ3) is 3.05. The molecule has 0 spiro atoms. The highest BCUT2D eigenvalue weighted by molar-refractivity contribution is 7.98. The molecule has 1 aromatic heterocycles. The number of aryl methyl sites for hydroxylation is 1. The van der Waals surface area contributed by atoms with Gasteiger partial charge in [0.05, 0.1) is 5.39 Å². The van der Waals surface area contributed by atoms with E-state index in [1.165, 1.54) is 4.68 Å². The third-order valence-corrected chi connectivity index (χ3v) is 4.37. The monoisotopic (exact) mass is 340 g/mol. The lowest BCUT2D eigenvalue weighted by Gasteiger charge is -2.09. The number of aromatic nitrogens is 2. The van der Waals surface area contributed by atoms with Crippen LogP contribution in [-0.4, -0.2) is 22.0 Å². The van der Waals surface area contributed by atoms with E-state index in [1.807, 2.05) is 18.4 Å². The van der Waals surface area contributed by atoms with E-state index in [0.717, 1.165) is 4.90 Å². The number of carbonyl (C=O) groups is 1. The fourth-order valence-electron chi connectivity index (χ4n) is 2.40. The molecule has 122 valence electrons. The highest BCUT2D eigenvalue weighted by Gasteiger charge is 2.18. The van der Waals surface area contributed by atoms with Gasteiger partial charge in [0.1, 0.15) is 5.75 Å². The molecule has 0 fully saturated rings. The lowest BCUT2D eigenvalue weighted by atomic mass is 10.1. The van der Waals surface area contributed by atoms with E-state index in [1.54, 1.807) is 55.1 Å². The van der Waals surface area contributed by atoms with Crippen molar-refractivity contribution in [3.05, 3.63) is 64.6 Å². The largest absolute Gasteiger partial charge is 0.422 e. The fraction of sp³-hybridized carbons (Fsp3) is 0.167. The zero-order chi connectivity index (χ0) is 17.1. The van der Waals surface area contributed by atoms with E-state index < -0.39 is 5.97 Å². The van der Waals surface area contributed by atoms with Crippen LogP contribution < -0.4 is 10.3 Å². The van der Waals surface area contributed by atoms with Gasteiger partial charge in [0.25, 0.3) is 5.56 Å². The van der Waals surface area contributed by atoms with Crippen LogP contribution in [0.2, 0.25) is 0 Å². The van der Waals surface area contributed by atoms with Gasteiger partial charge < -0.3 is 4.74 Å². The maximum Gasteiger partial charge on any atom is 0.364 e. The van der Waals surface area contributed by atoms with Crippen molar-refractivity contribution in [1.82, 2.24) is 9.78 Å². The number of nitrogens with zero attached hydrogens (tertiary/aromatic N) is 2. The van der Waals surface area contributed by atoms with Crippen molar-refractivity contribution in [3.63, 3.8) is 0 Å². The summed E-state index contributed by atoms with van der Waals surface area (Å²) in [6.45, 7) is 2.19. The second-order valence-corrected chi connectivity index (χ2v) is 5.96. The molecule has 3 aromatic rings. The second kappa shape index (κ2) is 6.88. The molecular formula is C18H16N2O3S. The van der Waals surface area contributed by atoms with Gasteiger partial charge >= 0.3 is 5.97 Å². The number of rotatable bonds is 4. The maximum absolute atomic E-state index is 12.6. The number of fused-ring (bicyclic) bond motifs is 1. The van der Waals surface area contributed by atoms with Crippen molar-refractivity contribution in [2.75, 3.05) is 6.26 Å². The Labute approximate surface area is 143 Å². The highest BCUT2D eigenvalue weighted by atomic mass is 32.2. The Kier molecular flexibility index (Phi) is 4.66.